The number of hydrogen-bond acceptors (Lipinski definition) is 1. The highest BCUT2D eigenvalue weighted by atomic mass is 14.6. The summed E-state index contributed by atoms with van der Waals surface area (Å²) in [5.41, 5.74) is 6.44. The zero-order valence-electron chi connectivity index (χ0n) is 10.3. The second-order valence-corrected chi connectivity index (χ2v) is 4.49. The quantitative estimate of drug-likeness (QED) is 0.683. The van der Waals surface area contributed by atoms with E-state index in [1.807, 2.05) is 12.3 Å². The van der Waals surface area contributed by atoms with Crippen molar-refractivity contribution in [1.82, 2.24) is 4.98 Å². The molecule has 1 aromatic carbocycles. The van der Waals surface area contributed by atoms with Crippen molar-refractivity contribution >= 4 is 16.5 Å². The summed E-state index contributed by atoms with van der Waals surface area (Å²) < 4.78 is 0. The maximum atomic E-state index is 4.37. The first kappa shape index (κ1) is 10.9. The Morgan fingerprint density at radius 1 is 1.12 bits per heavy atom. The van der Waals surface area contributed by atoms with Crippen LogP contribution in [0, 0.1) is 6.92 Å². The van der Waals surface area contributed by atoms with Gasteiger partial charge < -0.3 is 0 Å². The zero-order chi connectivity index (χ0) is 11.7. The number of aryl methyl sites for hydroxylation is 1. The highest BCUT2D eigenvalue weighted by Gasteiger charge is 2.04. The molecule has 0 saturated heterocycles. The summed E-state index contributed by atoms with van der Waals surface area (Å²) in [4.78, 5) is 4.37. The number of rotatable bonds is 1. The average molecular weight is 211 g/mol. The fraction of sp³-hybridized carbons (Fsp3) is 0.267. The number of fused-ring (bicyclic) bond motifs is 1. The summed E-state index contributed by atoms with van der Waals surface area (Å²) in [7, 11) is 0. The predicted octanol–water partition coefficient (Wildman–Crippen LogP) is 4.36. The summed E-state index contributed by atoms with van der Waals surface area (Å²) in [6, 6.07) is 8.50. The molecule has 82 valence electrons. The number of benzene rings is 1. The molecule has 1 aromatic heterocycles. The molecule has 0 amide bonds. The molecule has 16 heavy (non-hydrogen) atoms. The lowest BCUT2D eigenvalue weighted by molar-refractivity contribution is 1.33. The van der Waals surface area contributed by atoms with Gasteiger partial charge in [-0.2, -0.15) is 0 Å². The first-order chi connectivity index (χ1) is 7.59. The van der Waals surface area contributed by atoms with E-state index in [0.29, 0.717) is 0 Å². The largest absolute Gasteiger partial charge is 0.256 e. The first-order valence-corrected chi connectivity index (χ1v) is 5.59. The minimum absolute atomic E-state index is 1.07. The Morgan fingerprint density at radius 3 is 2.56 bits per heavy atom. The molecular weight excluding hydrogens is 194 g/mol. The van der Waals surface area contributed by atoms with E-state index in [0.717, 1.165) is 5.52 Å². The lowest BCUT2D eigenvalue weighted by Gasteiger charge is -2.10. The molecule has 0 N–H and O–H groups in total. The maximum Gasteiger partial charge on any atom is 0.0705 e. The van der Waals surface area contributed by atoms with Gasteiger partial charge >= 0.3 is 0 Å². The van der Waals surface area contributed by atoms with E-state index < -0.39 is 0 Å². The van der Waals surface area contributed by atoms with Crippen LogP contribution in [0.15, 0.2) is 36.0 Å². The normalized spacial score (nSPS) is 10.5. The molecule has 0 radical (unpaired) electrons. The van der Waals surface area contributed by atoms with Gasteiger partial charge in [-0.1, -0.05) is 11.6 Å². The number of pyridine rings is 1. The van der Waals surface area contributed by atoms with Crippen molar-refractivity contribution in [1.29, 1.82) is 0 Å². The van der Waals surface area contributed by atoms with Gasteiger partial charge in [0.25, 0.3) is 0 Å². The molecule has 0 bridgehead atoms. The fourth-order valence-electron chi connectivity index (χ4n) is 1.90. The molecule has 0 unspecified atom stereocenters. The Bertz CT molecular complexity index is 561. The second-order valence-electron chi connectivity index (χ2n) is 4.49. The van der Waals surface area contributed by atoms with Crippen LogP contribution >= 0.6 is 0 Å². The van der Waals surface area contributed by atoms with E-state index in [4.69, 9.17) is 0 Å². The number of hydrogen-bond donors (Lipinski definition) is 0. The SMILES string of the molecule is CC(C)=C(C)c1cc2cccnc2cc1C. The van der Waals surface area contributed by atoms with Crippen LogP contribution in [-0.2, 0) is 0 Å². The van der Waals surface area contributed by atoms with Crippen LogP contribution in [0.25, 0.3) is 16.5 Å². The van der Waals surface area contributed by atoms with Crippen LogP contribution in [-0.4, -0.2) is 4.98 Å². The third kappa shape index (κ3) is 1.85. The molecule has 2 aromatic rings. The fourth-order valence-corrected chi connectivity index (χ4v) is 1.90. The molecular formula is C15H17N. The lowest BCUT2D eigenvalue weighted by Crippen LogP contribution is -1.89. The summed E-state index contributed by atoms with van der Waals surface area (Å²) in [5, 5.41) is 1.21. The van der Waals surface area contributed by atoms with Crippen molar-refractivity contribution in [2.24, 2.45) is 0 Å². The number of allylic oxidation sites excluding steroid dienone is 2. The Kier molecular flexibility index (Phi) is 2.78. The van der Waals surface area contributed by atoms with Gasteiger partial charge in [0, 0.05) is 11.6 Å². The highest BCUT2D eigenvalue weighted by Crippen LogP contribution is 2.25. The molecule has 1 nitrogen and oxygen atoms in total. The van der Waals surface area contributed by atoms with Crippen LogP contribution in [0.3, 0.4) is 0 Å². The molecule has 0 saturated carbocycles. The van der Waals surface area contributed by atoms with Gasteiger partial charge in [0.15, 0.2) is 0 Å². The van der Waals surface area contributed by atoms with Crippen LogP contribution < -0.4 is 0 Å². The zero-order valence-corrected chi connectivity index (χ0v) is 10.3. The average Bonchev–Trinajstić information content (AvgIpc) is 2.27. The van der Waals surface area contributed by atoms with E-state index in [2.05, 4.69) is 50.9 Å². The number of aromatic nitrogens is 1. The van der Waals surface area contributed by atoms with Gasteiger partial charge in [-0.05, 0) is 62.6 Å². The Morgan fingerprint density at radius 2 is 1.88 bits per heavy atom. The van der Waals surface area contributed by atoms with E-state index >= 15 is 0 Å². The molecule has 0 spiro atoms. The van der Waals surface area contributed by atoms with Crippen LogP contribution in [0.5, 0.6) is 0 Å². The van der Waals surface area contributed by atoms with Gasteiger partial charge in [0.2, 0.25) is 0 Å². The molecule has 1 heterocycles. The first-order valence-electron chi connectivity index (χ1n) is 5.59. The third-order valence-corrected chi connectivity index (χ3v) is 3.10. The third-order valence-electron chi connectivity index (χ3n) is 3.10. The lowest BCUT2D eigenvalue weighted by atomic mass is 9.96. The molecule has 0 atom stereocenters. The summed E-state index contributed by atoms with van der Waals surface area (Å²) in [6.45, 7) is 8.64. The van der Waals surface area contributed by atoms with Crippen molar-refractivity contribution in [2.75, 3.05) is 0 Å². The van der Waals surface area contributed by atoms with Crippen molar-refractivity contribution < 1.29 is 0 Å². The van der Waals surface area contributed by atoms with E-state index in [-0.39, 0.29) is 0 Å². The van der Waals surface area contributed by atoms with E-state index in [1.54, 1.807) is 0 Å². The monoisotopic (exact) mass is 211 g/mol. The maximum absolute atomic E-state index is 4.37. The molecule has 0 aliphatic heterocycles. The van der Waals surface area contributed by atoms with Crippen molar-refractivity contribution in [3.8, 4) is 0 Å². The topological polar surface area (TPSA) is 12.9 Å². The molecule has 0 aliphatic carbocycles. The van der Waals surface area contributed by atoms with Gasteiger partial charge in [-0.15, -0.1) is 0 Å². The molecule has 0 aliphatic rings. The minimum Gasteiger partial charge on any atom is -0.256 e. The standard InChI is InChI=1S/C15H17N/c1-10(2)12(4)14-9-13-6-5-7-16-15(13)8-11(14)3/h5-9H,1-4H3. The molecule has 2 rings (SSSR count). The van der Waals surface area contributed by atoms with E-state index in [1.165, 1.54) is 27.7 Å². The second kappa shape index (κ2) is 4.09. The summed E-state index contributed by atoms with van der Waals surface area (Å²) in [5.74, 6) is 0. The summed E-state index contributed by atoms with van der Waals surface area (Å²) in [6.07, 6.45) is 1.84. The van der Waals surface area contributed by atoms with Crippen LogP contribution in [0.4, 0.5) is 0 Å². The predicted molar refractivity (Wildman–Crippen MR) is 70.4 cm³/mol. The van der Waals surface area contributed by atoms with Gasteiger partial charge in [-0.3, -0.25) is 4.98 Å². The van der Waals surface area contributed by atoms with Crippen molar-refractivity contribution in [2.45, 2.75) is 27.7 Å². The van der Waals surface area contributed by atoms with Gasteiger partial charge in [0.05, 0.1) is 5.52 Å². The Labute approximate surface area is 96.8 Å². The van der Waals surface area contributed by atoms with Crippen molar-refractivity contribution in [3.05, 3.63) is 47.2 Å². The number of nitrogens with zero attached hydrogens (tertiary/aromatic N) is 1. The Balaban J connectivity index is 2.73. The molecule has 0 fully saturated rings. The van der Waals surface area contributed by atoms with Crippen LogP contribution in [0.2, 0.25) is 0 Å². The highest BCUT2D eigenvalue weighted by molar-refractivity contribution is 5.85. The van der Waals surface area contributed by atoms with Crippen LogP contribution in [0.1, 0.15) is 31.9 Å². The smallest absolute Gasteiger partial charge is 0.0705 e. The van der Waals surface area contributed by atoms with E-state index in [9.17, 15) is 0 Å². The summed E-state index contributed by atoms with van der Waals surface area (Å²) >= 11 is 0. The molecule has 1 heteroatoms. The van der Waals surface area contributed by atoms with Crippen molar-refractivity contribution in [3.63, 3.8) is 0 Å². The minimum atomic E-state index is 1.07. The van der Waals surface area contributed by atoms with Gasteiger partial charge in [-0.25, -0.2) is 0 Å². The van der Waals surface area contributed by atoms with Gasteiger partial charge in [0.1, 0.15) is 0 Å². The Hall–Kier alpha value is -1.63.